The van der Waals surface area contributed by atoms with E-state index < -0.39 is 6.04 Å². The Kier molecular flexibility index (Phi) is 6.30. The lowest BCUT2D eigenvalue weighted by Gasteiger charge is -2.20. The van der Waals surface area contributed by atoms with Gasteiger partial charge in [0.2, 0.25) is 5.95 Å². The largest absolute Gasteiger partial charge is 0.493 e. The fourth-order valence-electron chi connectivity index (χ4n) is 4.08. The first kappa shape index (κ1) is 21.7. The van der Waals surface area contributed by atoms with E-state index in [9.17, 15) is 9.18 Å². The Morgan fingerprint density at radius 2 is 1.88 bits per heavy atom. The zero-order chi connectivity index (χ0) is 22.7. The molecule has 4 rings (SSSR count). The molecule has 2 heterocycles. The van der Waals surface area contributed by atoms with Crippen molar-refractivity contribution in [2.24, 2.45) is 0 Å². The molecule has 3 aromatic rings. The van der Waals surface area contributed by atoms with E-state index in [0.29, 0.717) is 17.4 Å². The Morgan fingerprint density at radius 3 is 2.56 bits per heavy atom. The highest BCUT2D eigenvalue weighted by Crippen LogP contribution is 2.39. The number of carbonyl (C=O) groups is 1. The molecular weight excluding hydrogens is 413 g/mol. The summed E-state index contributed by atoms with van der Waals surface area (Å²) in [6, 6.07) is 9.66. The quantitative estimate of drug-likeness (QED) is 0.551. The maximum atomic E-state index is 13.4. The van der Waals surface area contributed by atoms with Gasteiger partial charge in [0.15, 0.2) is 11.5 Å². The first-order valence-corrected chi connectivity index (χ1v) is 10.4. The molecule has 2 aromatic carbocycles. The van der Waals surface area contributed by atoms with Crippen LogP contribution in [0.4, 0.5) is 10.3 Å². The van der Waals surface area contributed by atoms with Crippen molar-refractivity contribution in [3.05, 3.63) is 59.5 Å². The normalized spacial score (nSPS) is 13.4. The predicted octanol–water partition coefficient (Wildman–Crippen LogP) is 4.37. The molecule has 0 fully saturated rings. The van der Waals surface area contributed by atoms with E-state index >= 15 is 0 Å². The van der Waals surface area contributed by atoms with Crippen molar-refractivity contribution >= 4 is 11.9 Å². The number of aryl methyl sites for hydroxylation is 1. The van der Waals surface area contributed by atoms with E-state index in [1.54, 1.807) is 26.4 Å². The molecular formula is C24H26FN3O4. The van der Waals surface area contributed by atoms with Crippen LogP contribution in [-0.4, -0.2) is 36.8 Å². The van der Waals surface area contributed by atoms with Crippen LogP contribution in [-0.2, 0) is 22.5 Å². The van der Waals surface area contributed by atoms with Crippen LogP contribution in [0.2, 0.25) is 0 Å². The van der Waals surface area contributed by atoms with Gasteiger partial charge < -0.3 is 24.1 Å². The molecule has 0 saturated heterocycles. The Bertz CT molecular complexity index is 1110. The molecule has 168 valence electrons. The van der Waals surface area contributed by atoms with Gasteiger partial charge in [-0.2, -0.15) is 0 Å². The number of halogens is 1. The predicted molar refractivity (Wildman–Crippen MR) is 118 cm³/mol. The van der Waals surface area contributed by atoms with E-state index in [0.717, 1.165) is 41.8 Å². The Labute approximate surface area is 186 Å². The number of ether oxygens (including phenoxy) is 3. The highest BCUT2D eigenvalue weighted by Gasteiger charge is 2.24. The van der Waals surface area contributed by atoms with E-state index in [1.165, 1.54) is 19.2 Å². The van der Waals surface area contributed by atoms with Gasteiger partial charge in [-0.25, -0.2) is 9.37 Å². The molecule has 1 atom stereocenters. The fourth-order valence-corrected chi connectivity index (χ4v) is 4.08. The smallest absolute Gasteiger partial charge is 0.307 e. The number of nitrogens with zero attached hydrogens (tertiary/aromatic N) is 2. The summed E-state index contributed by atoms with van der Waals surface area (Å²) < 4.78 is 31.4. The Balaban J connectivity index is 1.71. The number of fused-ring (bicyclic) bond motifs is 3. The molecule has 7 nitrogen and oxygen atoms in total. The minimum atomic E-state index is -0.414. The van der Waals surface area contributed by atoms with Crippen LogP contribution in [0.25, 0.3) is 11.3 Å². The van der Waals surface area contributed by atoms with Crippen molar-refractivity contribution in [1.82, 2.24) is 9.55 Å². The van der Waals surface area contributed by atoms with E-state index in [4.69, 9.17) is 14.2 Å². The number of rotatable bonds is 7. The lowest BCUT2D eigenvalue weighted by Crippen LogP contribution is -2.19. The monoisotopic (exact) mass is 439 g/mol. The Hall–Kier alpha value is -3.55. The summed E-state index contributed by atoms with van der Waals surface area (Å²) in [6.07, 6.45) is 3.71. The molecule has 0 amide bonds. The maximum absolute atomic E-state index is 13.4. The molecule has 32 heavy (non-hydrogen) atoms. The van der Waals surface area contributed by atoms with Gasteiger partial charge in [-0.3, -0.25) is 4.79 Å². The number of hydrogen-bond donors (Lipinski definition) is 1. The zero-order valence-electron chi connectivity index (χ0n) is 18.4. The minimum Gasteiger partial charge on any atom is -0.493 e. The molecule has 1 unspecified atom stereocenters. The number of nitrogens with one attached hydrogen (secondary N) is 1. The summed E-state index contributed by atoms with van der Waals surface area (Å²) in [5.74, 6) is 1.30. The number of esters is 1. The second kappa shape index (κ2) is 9.30. The first-order chi connectivity index (χ1) is 15.5. The summed E-state index contributed by atoms with van der Waals surface area (Å²) in [5, 5.41) is 3.37. The maximum Gasteiger partial charge on any atom is 0.307 e. The van der Waals surface area contributed by atoms with Gasteiger partial charge in [-0.1, -0.05) is 12.1 Å². The summed E-state index contributed by atoms with van der Waals surface area (Å²) in [7, 11) is 4.60. The molecule has 0 radical (unpaired) electrons. The fraction of sp³-hybridized carbons (Fsp3) is 0.333. The molecule has 1 aliphatic heterocycles. The van der Waals surface area contributed by atoms with Gasteiger partial charge in [-0.15, -0.1) is 0 Å². The molecule has 0 saturated carbocycles. The van der Waals surface area contributed by atoms with Gasteiger partial charge in [-0.05, 0) is 48.2 Å². The van der Waals surface area contributed by atoms with Crippen LogP contribution in [0.1, 0.15) is 30.0 Å². The number of carbonyl (C=O) groups excluding carboxylic acids is 1. The van der Waals surface area contributed by atoms with Crippen LogP contribution in [0.5, 0.6) is 11.5 Å². The highest BCUT2D eigenvalue weighted by molar-refractivity contribution is 5.72. The number of methoxy groups -OCH3 is 3. The number of imidazole rings is 1. The van der Waals surface area contributed by atoms with Crippen LogP contribution in [0.15, 0.2) is 42.6 Å². The average Bonchev–Trinajstić information content (AvgIpc) is 3.11. The van der Waals surface area contributed by atoms with Crippen molar-refractivity contribution in [2.75, 3.05) is 26.6 Å². The number of benzene rings is 2. The van der Waals surface area contributed by atoms with Crippen LogP contribution in [0.3, 0.4) is 0 Å². The SMILES string of the molecule is COC(=O)CC(Nc1ncc2n1CCCc1cc(OC)c(OC)cc1-2)c1ccc(F)cc1. The first-order valence-electron chi connectivity index (χ1n) is 10.4. The summed E-state index contributed by atoms with van der Waals surface area (Å²) >= 11 is 0. The van der Waals surface area contributed by atoms with Crippen LogP contribution in [0, 0.1) is 5.82 Å². The second-order valence-corrected chi connectivity index (χ2v) is 7.62. The third-order valence-electron chi connectivity index (χ3n) is 5.74. The summed E-state index contributed by atoms with van der Waals surface area (Å²) in [6.45, 7) is 0.755. The topological polar surface area (TPSA) is 74.6 Å². The van der Waals surface area contributed by atoms with E-state index in [2.05, 4.69) is 14.9 Å². The number of hydrogen-bond acceptors (Lipinski definition) is 6. The molecule has 0 spiro atoms. The average molecular weight is 439 g/mol. The summed E-state index contributed by atoms with van der Waals surface area (Å²) in [4.78, 5) is 16.6. The van der Waals surface area contributed by atoms with Crippen molar-refractivity contribution in [2.45, 2.75) is 31.8 Å². The third-order valence-corrected chi connectivity index (χ3v) is 5.74. The molecule has 1 aliphatic rings. The standard InChI is InChI=1S/C24H26FN3O4/c1-30-21-11-16-5-4-10-28-20(18(16)12-22(21)31-2)14-26-24(28)27-19(13-23(29)32-3)15-6-8-17(25)9-7-15/h6-9,11-12,14,19H,4-5,10,13H2,1-3H3,(H,26,27). The van der Waals surface area contributed by atoms with E-state index in [1.807, 2.05) is 18.3 Å². The zero-order valence-corrected chi connectivity index (χ0v) is 18.4. The lowest BCUT2D eigenvalue weighted by atomic mass is 10.0. The van der Waals surface area contributed by atoms with E-state index in [-0.39, 0.29) is 18.2 Å². The van der Waals surface area contributed by atoms with Crippen molar-refractivity contribution < 1.29 is 23.4 Å². The van der Waals surface area contributed by atoms with Gasteiger partial charge in [0.25, 0.3) is 0 Å². The second-order valence-electron chi connectivity index (χ2n) is 7.62. The van der Waals surface area contributed by atoms with Crippen LogP contribution >= 0.6 is 0 Å². The number of aromatic nitrogens is 2. The van der Waals surface area contributed by atoms with Gasteiger partial charge in [0, 0.05) is 12.1 Å². The molecule has 0 aliphatic carbocycles. The van der Waals surface area contributed by atoms with Gasteiger partial charge in [0.05, 0.1) is 45.7 Å². The molecule has 1 aromatic heterocycles. The van der Waals surface area contributed by atoms with Crippen molar-refractivity contribution in [3.63, 3.8) is 0 Å². The minimum absolute atomic E-state index is 0.0892. The molecule has 0 bridgehead atoms. The van der Waals surface area contributed by atoms with Gasteiger partial charge in [0.1, 0.15) is 5.82 Å². The lowest BCUT2D eigenvalue weighted by molar-refractivity contribution is -0.140. The number of anilines is 1. The Morgan fingerprint density at radius 1 is 1.16 bits per heavy atom. The summed E-state index contributed by atoms with van der Waals surface area (Å²) in [5.41, 5.74) is 3.93. The van der Waals surface area contributed by atoms with Crippen molar-refractivity contribution in [3.8, 4) is 22.8 Å². The highest BCUT2D eigenvalue weighted by atomic mass is 19.1. The van der Waals surface area contributed by atoms with Crippen molar-refractivity contribution in [1.29, 1.82) is 0 Å². The molecule has 1 N–H and O–H groups in total. The van der Waals surface area contributed by atoms with Gasteiger partial charge >= 0.3 is 5.97 Å². The van der Waals surface area contributed by atoms with Crippen LogP contribution < -0.4 is 14.8 Å². The molecule has 8 heteroatoms. The third kappa shape index (κ3) is 4.26.